The Morgan fingerprint density at radius 2 is 1.97 bits per heavy atom. The largest absolute Gasteiger partial charge is 0.368 e. The predicted molar refractivity (Wildman–Crippen MR) is 129 cm³/mol. The number of nitrogens with two attached hydrogens (primary N) is 1. The highest BCUT2D eigenvalue weighted by Gasteiger charge is 2.12. The van der Waals surface area contributed by atoms with Gasteiger partial charge in [-0.3, -0.25) is 20.4 Å². The monoisotopic (exact) mass is 464 g/mol. The van der Waals surface area contributed by atoms with Gasteiger partial charge in [-0.1, -0.05) is 30.0 Å². The van der Waals surface area contributed by atoms with Crippen LogP contribution in [0.2, 0.25) is 0 Å². The number of hydrogen-bond donors (Lipinski definition) is 5. The minimum atomic E-state index is -0.272. The number of anilines is 2. The van der Waals surface area contributed by atoms with Crippen molar-refractivity contribution < 1.29 is 4.79 Å². The number of carbonyl (C=O) groups is 1. The van der Waals surface area contributed by atoms with Crippen molar-refractivity contribution in [2.45, 2.75) is 25.4 Å². The molecule has 0 aliphatic carbocycles. The van der Waals surface area contributed by atoms with Crippen molar-refractivity contribution in [3.05, 3.63) is 53.5 Å². The first-order valence-corrected chi connectivity index (χ1v) is 11.2. The van der Waals surface area contributed by atoms with Crippen LogP contribution in [0.5, 0.6) is 0 Å². The van der Waals surface area contributed by atoms with Crippen LogP contribution in [-0.4, -0.2) is 54.3 Å². The second-order valence-electron chi connectivity index (χ2n) is 7.28. The molecule has 0 saturated carbocycles. The molecule has 1 aromatic carbocycles. The molecule has 4 rings (SSSR count). The summed E-state index contributed by atoms with van der Waals surface area (Å²) in [7, 11) is 0. The van der Waals surface area contributed by atoms with Crippen molar-refractivity contribution in [2.75, 3.05) is 23.3 Å². The average Bonchev–Trinajstić information content (AvgIpc) is 3.37. The van der Waals surface area contributed by atoms with Gasteiger partial charge in [0.15, 0.2) is 0 Å². The van der Waals surface area contributed by atoms with Crippen LogP contribution in [0.15, 0.2) is 46.7 Å². The molecule has 3 heterocycles. The number of H-pyrrole nitrogens is 2. The third-order valence-electron chi connectivity index (χ3n) is 4.61. The number of thioether (sulfide) groups is 1. The lowest BCUT2D eigenvalue weighted by Crippen LogP contribution is -2.38. The van der Waals surface area contributed by atoms with E-state index in [1.165, 1.54) is 0 Å². The number of guanidine groups is 1. The fourth-order valence-corrected chi connectivity index (χ4v) is 3.85. The van der Waals surface area contributed by atoms with Crippen LogP contribution in [0.1, 0.15) is 17.0 Å². The van der Waals surface area contributed by atoms with E-state index in [0.717, 1.165) is 39.6 Å². The van der Waals surface area contributed by atoms with Gasteiger partial charge in [0, 0.05) is 35.0 Å². The summed E-state index contributed by atoms with van der Waals surface area (Å²) in [6, 6.07) is 9.98. The number of benzene rings is 1. The number of hydrogen-bond acceptors (Lipinski definition) is 8. The van der Waals surface area contributed by atoms with Gasteiger partial charge in [0.2, 0.25) is 28.9 Å². The molecule has 33 heavy (non-hydrogen) atoms. The van der Waals surface area contributed by atoms with Gasteiger partial charge in [0.25, 0.3) is 0 Å². The van der Waals surface area contributed by atoms with Crippen molar-refractivity contribution in [3.63, 3.8) is 0 Å². The molecular formula is C21H24N10OS. The third kappa shape index (κ3) is 6.07. The molecule has 0 fully saturated rings. The first-order chi connectivity index (χ1) is 16.0. The van der Waals surface area contributed by atoms with E-state index in [1.807, 2.05) is 44.3 Å². The van der Waals surface area contributed by atoms with Crippen molar-refractivity contribution in [1.82, 2.24) is 35.5 Å². The lowest BCUT2D eigenvalue weighted by atomic mass is 10.1. The van der Waals surface area contributed by atoms with E-state index in [2.05, 4.69) is 51.8 Å². The quantitative estimate of drug-likeness (QED) is 0.158. The normalized spacial score (nSPS) is 11.6. The second kappa shape index (κ2) is 10.1. The lowest BCUT2D eigenvalue weighted by Gasteiger charge is -2.11. The van der Waals surface area contributed by atoms with Crippen molar-refractivity contribution in [1.29, 1.82) is 0 Å². The van der Waals surface area contributed by atoms with Crippen LogP contribution >= 0.6 is 11.8 Å². The summed E-state index contributed by atoms with van der Waals surface area (Å²) < 4.78 is 0. The number of nitrogens with zero attached hydrogens (tertiary/aromatic N) is 5. The number of fused-ring (bicyclic) bond motifs is 1. The van der Waals surface area contributed by atoms with Crippen molar-refractivity contribution in [3.8, 4) is 0 Å². The van der Waals surface area contributed by atoms with Gasteiger partial charge in [-0.15, -0.1) is 5.10 Å². The highest BCUT2D eigenvalue weighted by Crippen LogP contribution is 2.18. The number of nitrogen functional groups attached to an aromatic ring is 1. The van der Waals surface area contributed by atoms with Gasteiger partial charge in [0.1, 0.15) is 0 Å². The molecule has 0 atom stereocenters. The SMILES string of the molecule is Cc1cc(C)nc(NC(=NCCc2c[nH]c3ccccc23)NC(=O)CSc2n[nH]c(N)n2)n1. The summed E-state index contributed by atoms with van der Waals surface area (Å²) >= 11 is 1.16. The Bertz CT molecular complexity index is 1270. The molecule has 6 N–H and O–H groups in total. The van der Waals surface area contributed by atoms with Crippen LogP contribution in [0.25, 0.3) is 10.9 Å². The molecule has 0 bridgehead atoms. The van der Waals surface area contributed by atoms with Crippen LogP contribution in [0.3, 0.4) is 0 Å². The molecule has 0 aliphatic rings. The van der Waals surface area contributed by atoms with E-state index in [0.29, 0.717) is 24.1 Å². The zero-order valence-electron chi connectivity index (χ0n) is 18.2. The molecule has 1 amide bonds. The van der Waals surface area contributed by atoms with Gasteiger partial charge < -0.3 is 10.7 Å². The molecule has 0 unspecified atom stereocenters. The average molecular weight is 465 g/mol. The van der Waals surface area contributed by atoms with E-state index >= 15 is 0 Å². The molecule has 0 radical (unpaired) electrons. The summed E-state index contributed by atoms with van der Waals surface area (Å²) in [5.41, 5.74) is 9.38. The number of aromatic nitrogens is 6. The minimum Gasteiger partial charge on any atom is -0.368 e. The van der Waals surface area contributed by atoms with Crippen molar-refractivity contribution in [2.24, 2.45) is 4.99 Å². The maximum absolute atomic E-state index is 12.5. The molecule has 0 saturated heterocycles. The van der Waals surface area contributed by atoms with E-state index in [9.17, 15) is 4.79 Å². The summed E-state index contributed by atoms with van der Waals surface area (Å²) in [4.78, 5) is 33.1. The van der Waals surface area contributed by atoms with Crippen LogP contribution in [-0.2, 0) is 11.2 Å². The zero-order valence-corrected chi connectivity index (χ0v) is 19.0. The van der Waals surface area contributed by atoms with Crippen LogP contribution < -0.4 is 16.4 Å². The van der Waals surface area contributed by atoms with Gasteiger partial charge >= 0.3 is 0 Å². The fourth-order valence-electron chi connectivity index (χ4n) is 3.25. The predicted octanol–water partition coefficient (Wildman–Crippen LogP) is 2.19. The minimum absolute atomic E-state index is 0.0914. The lowest BCUT2D eigenvalue weighted by molar-refractivity contribution is -0.117. The first kappa shape index (κ1) is 22.3. The highest BCUT2D eigenvalue weighted by molar-refractivity contribution is 7.99. The molecular weight excluding hydrogens is 440 g/mol. The number of amides is 1. The number of aromatic amines is 2. The van der Waals surface area contributed by atoms with Gasteiger partial charge in [-0.05, 0) is 38.0 Å². The zero-order chi connectivity index (χ0) is 23.2. The number of para-hydroxylation sites is 1. The molecule has 0 spiro atoms. The smallest absolute Gasteiger partial charge is 0.237 e. The maximum Gasteiger partial charge on any atom is 0.237 e. The second-order valence-corrected chi connectivity index (χ2v) is 8.22. The van der Waals surface area contributed by atoms with Crippen LogP contribution in [0, 0.1) is 13.8 Å². The van der Waals surface area contributed by atoms with Gasteiger partial charge in [-0.25, -0.2) is 15.1 Å². The number of aryl methyl sites for hydroxylation is 2. The summed E-state index contributed by atoms with van der Waals surface area (Å²) in [5.74, 6) is 0.666. The standard InChI is InChI=1S/C21H24N10OS/c1-12-9-13(2)26-20(25-12)29-19(27-17(32)11-33-21-28-18(22)30-31-21)23-8-7-14-10-24-16-6-4-3-5-15(14)16/h3-6,9-10,24H,7-8,11H2,1-2H3,(H3,22,28,30,31)(H2,23,25,26,27,29,32). The third-order valence-corrected chi connectivity index (χ3v) is 5.46. The Labute approximate surface area is 194 Å². The summed E-state index contributed by atoms with van der Waals surface area (Å²) in [5, 5.41) is 13.8. The summed E-state index contributed by atoms with van der Waals surface area (Å²) in [6.45, 7) is 4.22. The fraction of sp³-hybridized carbons (Fsp3) is 0.238. The van der Waals surface area contributed by atoms with Gasteiger partial charge in [-0.2, -0.15) is 4.98 Å². The number of rotatable bonds is 7. The Hall–Kier alpha value is -3.93. The van der Waals surface area contributed by atoms with E-state index in [4.69, 9.17) is 5.73 Å². The Kier molecular flexibility index (Phi) is 6.83. The molecule has 3 aromatic heterocycles. The van der Waals surface area contributed by atoms with Crippen LogP contribution in [0.4, 0.5) is 11.9 Å². The first-order valence-electron chi connectivity index (χ1n) is 10.3. The van der Waals surface area contributed by atoms with E-state index < -0.39 is 0 Å². The highest BCUT2D eigenvalue weighted by atomic mass is 32.2. The Morgan fingerprint density at radius 1 is 1.18 bits per heavy atom. The number of aliphatic imine (C=N–C) groups is 1. The van der Waals surface area contributed by atoms with E-state index in [1.54, 1.807) is 0 Å². The molecule has 170 valence electrons. The number of carbonyl (C=O) groups excluding carboxylic acids is 1. The topological polar surface area (TPSA) is 163 Å². The van der Waals surface area contributed by atoms with Crippen molar-refractivity contribution >= 4 is 46.4 Å². The van der Waals surface area contributed by atoms with E-state index in [-0.39, 0.29) is 23.6 Å². The maximum atomic E-state index is 12.5. The molecule has 4 aromatic rings. The molecule has 12 heteroatoms. The summed E-state index contributed by atoms with van der Waals surface area (Å²) in [6.07, 6.45) is 2.68. The Balaban J connectivity index is 1.45. The Morgan fingerprint density at radius 3 is 2.73 bits per heavy atom. The van der Waals surface area contributed by atoms with Gasteiger partial charge in [0.05, 0.1) is 5.75 Å². The molecule has 0 aliphatic heterocycles. The number of nitrogens with one attached hydrogen (secondary N) is 4. The molecule has 11 nitrogen and oxygen atoms in total.